The molecule has 0 atom stereocenters. The van der Waals surface area contributed by atoms with Crippen molar-refractivity contribution >= 4 is 5.69 Å². The molecule has 21 nitrogen and oxygen atoms in total. The number of hydrogen-bond donors (Lipinski definition) is 0. The standard InChI is InChI=1S/C16H29N3O.C14H24N2.C13H19N3.C13H22N2O.3C13H22N2.C11H19N3/c1-15(2,3)12-11-13(20-10-9-19(7)8)18-14(17-12)16(4,5)6;1-9-10(2)15-12(14(6,7)8)16-11(9)13(3,4)5;1-12(2,3)10-9(14-7)8-15-11(16-10)13(4,5)6;1-12(2,3)9-8-15(7)11(16)10(14-9)13(4,5)6;2*1-9-8-14-11(13(5,6)7)15-10(9)12(2,3)4;1-9-8-10(12(2,3)4)15-11(14-9)13(5,6)7;1-10(2,3)8-12-7-13-9(14-8)11(4,5)6/h11H,9-10H2,1-8H3;1-8H3;8H,1-6H3;8H,1-7H3;3*8H,1-7H3;7H,1-6H3. The first-order valence-corrected chi connectivity index (χ1v) is 45.4. The van der Waals surface area contributed by atoms with Crippen molar-refractivity contribution < 1.29 is 4.74 Å². The van der Waals surface area contributed by atoms with Gasteiger partial charge in [-0.15, -0.1) is 0 Å². The predicted octanol–water partition coefficient (Wildman–Crippen LogP) is 25.3. The Kier molecular flexibility index (Phi) is 39.6. The Morgan fingerprint density at radius 2 is 0.630 bits per heavy atom. The molecule has 8 aromatic heterocycles. The van der Waals surface area contributed by atoms with Crippen LogP contribution in [0.4, 0.5) is 5.69 Å². The van der Waals surface area contributed by atoms with Crippen molar-refractivity contribution in [3.05, 3.63) is 185 Å². The summed E-state index contributed by atoms with van der Waals surface area (Å²) in [5, 5.41) is 0. The SMILES string of the molecule is CC(C)(C)c1ncnc(C(C)(C)C)n1.CN(C)CCOc1cc(C(C)(C)C)nc(C(C)(C)C)n1.Cc1cc(C(C)(C)C)nc(C(C)(C)C)n1.Cc1cnc(C(C)(C)C)nc1C(C)(C)C.Cc1cnc(C(C)(C)C)nc1C(C)(C)C.Cc1nc(C(C)(C)C)nc(C(C)(C)C)c1C.Cn1cc(C(C)(C)C)nc(C(C)(C)C)c1=O.[C-]#[N+]c1cnc(C(C)(C)C)nc1C(C)(C)C. The Balaban J connectivity index is 0.000000727. The van der Waals surface area contributed by atoms with E-state index in [-0.39, 0.29) is 92.2 Å². The summed E-state index contributed by atoms with van der Waals surface area (Å²) in [6, 6.07) is 4.04. The zero-order valence-electron chi connectivity index (χ0n) is 91.3. The van der Waals surface area contributed by atoms with Crippen molar-refractivity contribution in [2.75, 3.05) is 27.2 Å². The lowest BCUT2D eigenvalue weighted by molar-refractivity contribution is 0.251. The molecule has 710 valence electrons. The highest BCUT2D eigenvalue weighted by Crippen LogP contribution is 2.36. The van der Waals surface area contributed by atoms with Gasteiger partial charge in [-0.3, -0.25) is 9.78 Å². The fourth-order valence-electron chi connectivity index (χ4n) is 11.5. The summed E-state index contributed by atoms with van der Waals surface area (Å²) in [5.41, 5.74) is 14.2. The number of aryl methyl sites for hydroxylation is 5. The zero-order valence-corrected chi connectivity index (χ0v) is 91.3. The molecule has 8 aromatic rings. The molecule has 21 heteroatoms. The molecule has 0 spiro atoms. The Labute approximate surface area is 774 Å². The van der Waals surface area contributed by atoms with Crippen molar-refractivity contribution in [2.45, 2.75) is 454 Å². The summed E-state index contributed by atoms with van der Waals surface area (Å²) in [4.78, 5) is 89.9. The van der Waals surface area contributed by atoms with Gasteiger partial charge >= 0.3 is 0 Å². The van der Waals surface area contributed by atoms with Gasteiger partial charge < -0.3 is 14.2 Å². The highest BCUT2D eigenvalue weighted by atomic mass is 16.5. The highest BCUT2D eigenvalue weighted by molar-refractivity contribution is 5.50. The molecule has 0 N–H and O–H groups in total. The number of rotatable bonds is 4. The second-order valence-electron chi connectivity index (χ2n) is 50.9. The Morgan fingerprint density at radius 3 is 0.953 bits per heavy atom. The quantitative estimate of drug-likeness (QED) is 0.149. The minimum atomic E-state index is -0.212. The second-order valence-corrected chi connectivity index (χ2v) is 50.9. The lowest BCUT2D eigenvalue weighted by Crippen LogP contribution is -2.33. The van der Waals surface area contributed by atoms with E-state index in [0.717, 1.165) is 98.7 Å². The normalized spacial score (nSPS) is 12.9. The van der Waals surface area contributed by atoms with Crippen molar-refractivity contribution in [1.29, 1.82) is 0 Å². The summed E-state index contributed by atoms with van der Waals surface area (Å²) in [6.45, 7) is 121. The summed E-state index contributed by atoms with van der Waals surface area (Å²) in [7, 11) is 5.85. The molecule has 0 saturated carbocycles. The van der Waals surface area contributed by atoms with Gasteiger partial charge in [-0.2, -0.15) is 4.98 Å². The van der Waals surface area contributed by atoms with Crippen LogP contribution < -0.4 is 10.3 Å². The van der Waals surface area contributed by atoms with Crippen LogP contribution >= 0.6 is 0 Å². The summed E-state index contributed by atoms with van der Waals surface area (Å²) < 4.78 is 7.43. The van der Waals surface area contributed by atoms with Crippen LogP contribution in [0.15, 0.2) is 48.0 Å². The molecule has 0 aliphatic heterocycles. The number of ether oxygens (including phenoxy) is 1. The summed E-state index contributed by atoms with van der Waals surface area (Å²) >= 11 is 0. The molecule has 0 radical (unpaired) electrons. The topological polar surface area (TPSA) is 245 Å². The maximum Gasteiger partial charge on any atom is 0.272 e. The van der Waals surface area contributed by atoms with Gasteiger partial charge in [0.05, 0.1) is 40.7 Å². The van der Waals surface area contributed by atoms with Gasteiger partial charge in [0.2, 0.25) is 11.6 Å². The van der Waals surface area contributed by atoms with Crippen LogP contribution in [0.5, 0.6) is 5.88 Å². The van der Waals surface area contributed by atoms with Crippen LogP contribution in [0.25, 0.3) is 4.85 Å². The molecule has 0 aromatic carbocycles. The van der Waals surface area contributed by atoms with Crippen LogP contribution in [0.3, 0.4) is 0 Å². The number of aromatic nitrogens is 17. The molecular formula is C106H179N19O2. The van der Waals surface area contributed by atoms with E-state index in [1.807, 2.05) is 66.4 Å². The van der Waals surface area contributed by atoms with E-state index in [4.69, 9.17) is 31.2 Å². The van der Waals surface area contributed by atoms with Crippen LogP contribution in [0, 0.1) is 41.2 Å². The van der Waals surface area contributed by atoms with Crippen LogP contribution in [0.1, 0.15) is 453 Å². The van der Waals surface area contributed by atoms with Gasteiger partial charge in [-0.25, -0.2) is 74.6 Å². The van der Waals surface area contributed by atoms with E-state index in [2.05, 4.69) is 415 Å². The molecule has 0 amide bonds. The Hall–Kier alpha value is -8.38. The van der Waals surface area contributed by atoms with Gasteiger partial charge in [-0.05, 0) is 76.9 Å². The fourth-order valence-corrected chi connectivity index (χ4v) is 11.5. The largest absolute Gasteiger partial charge is 0.476 e. The number of nitrogens with zero attached hydrogens (tertiary/aromatic N) is 19. The predicted molar refractivity (Wildman–Crippen MR) is 535 cm³/mol. The third-order valence-corrected chi connectivity index (χ3v) is 19.4. The zero-order chi connectivity index (χ0) is 100. The minimum absolute atomic E-state index is 0.000463. The Morgan fingerprint density at radius 1 is 0.323 bits per heavy atom. The lowest BCUT2D eigenvalue weighted by Gasteiger charge is -2.25. The van der Waals surface area contributed by atoms with Crippen LogP contribution in [0.2, 0.25) is 0 Å². The van der Waals surface area contributed by atoms with Gasteiger partial charge in [-0.1, -0.05) is 332 Å². The van der Waals surface area contributed by atoms with Gasteiger partial charge in [0.25, 0.3) is 5.56 Å². The molecule has 0 aliphatic rings. The monoisotopic (exact) mass is 1750 g/mol. The smallest absolute Gasteiger partial charge is 0.272 e. The van der Waals surface area contributed by atoms with Crippen molar-refractivity contribution in [3.63, 3.8) is 0 Å². The third-order valence-electron chi connectivity index (χ3n) is 19.4. The lowest BCUT2D eigenvalue weighted by atomic mass is 9.87. The molecule has 0 saturated heterocycles. The summed E-state index contributed by atoms with van der Waals surface area (Å²) in [5.74, 6) is 7.77. The second kappa shape index (κ2) is 43.1. The minimum Gasteiger partial charge on any atom is -0.476 e. The van der Waals surface area contributed by atoms with Crippen molar-refractivity contribution in [3.8, 4) is 5.88 Å². The van der Waals surface area contributed by atoms with Gasteiger partial charge in [0.1, 0.15) is 65.2 Å². The van der Waals surface area contributed by atoms with Gasteiger partial charge in [0, 0.05) is 143 Å². The molecule has 127 heavy (non-hydrogen) atoms. The van der Waals surface area contributed by atoms with Crippen molar-refractivity contribution in [1.82, 2.24) is 89.2 Å². The number of hydrogen-bond acceptors (Lipinski definition) is 19. The maximum absolute atomic E-state index is 12.0. The Bertz CT molecular complexity index is 4800. The molecular weight excluding hydrogens is 1570 g/mol. The van der Waals surface area contributed by atoms with E-state index in [9.17, 15) is 4.79 Å². The average molecular weight is 1750 g/mol. The maximum atomic E-state index is 12.0. The molecule has 0 bridgehead atoms. The molecule has 8 rings (SSSR count). The van der Waals surface area contributed by atoms with Crippen LogP contribution in [-0.2, 0) is 93.7 Å². The molecule has 0 fully saturated rings. The van der Waals surface area contributed by atoms with E-state index in [1.54, 1.807) is 24.1 Å². The van der Waals surface area contributed by atoms with Crippen LogP contribution in [-0.4, -0.2) is 116 Å². The molecule has 8 heterocycles. The van der Waals surface area contributed by atoms with E-state index in [1.165, 1.54) is 22.4 Å². The first kappa shape index (κ1) is 117. The average Bonchev–Trinajstić information content (AvgIpc) is 0.793. The van der Waals surface area contributed by atoms with Gasteiger partial charge in [0.15, 0.2) is 0 Å². The summed E-state index contributed by atoms with van der Waals surface area (Å²) in [6.07, 6.45) is 8.95. The van der Waals surface area contributed by atoms with E-state index < -0.39 is 0 Å². The first-order valence-electron chi connectivity index (χ1n) is 45.4. The van der Waals surface area contributed by atoms with E-state index in [0.29, 0.717) is 23.9 Å². The fraction of sp³-hybridized carbons (Fsp3) is 0.698. The highest BCUT2D eigenvalue weighted by Gasteiger charge is 2.33. The van der Waals surface area contributed by atoms with E-state index >= 15 is 0 Å². The molecule has 0 unspecified atom stereocenters. The molecule has 0 aliphatic carbocycles. The third kappa shape index (κ3) is 39.1. The van der Waals surface area contributed by atoms with Crippen molar-refractivity contribution in [2.24, 2.45) is 7.05 Å². The first-order chi connectivity index (χ1) is 56.3. The number of likely N-dealkylation sites (N-methyl/N-ethyl adjacent to an activating group) is 1.